The molecule has 0 spiro atoms. The Bertz CT molecular complexity index is 547. The predicted molar refractivity (Wildman–Crippen MR) is 85.3 cm³/mol. The van der Waals surface area contributed by atoms with Crippen LogP contribution < -0.4 is 5.32 Å². The molecule has 2 rings (SSSR count). The molecule has 106 valence electrons. The number of amides is 1. The van der Waals surface area contributed by atoms with Crippen LogP contribution in [0.2, 0.25) is 0 Å². The minimum Gasteiger partial charge on any atom is -0.321 e. The van der Waals surface area contributed by atoms with Crippen molar-refractivity contribution < 1.29 is 4.79 Å². The molecule has 0 aliphatic heterocycles. The van der Waals surface area contributed by atoms with Crippen molar-refractivity contribution in [2.75, 3.05) is 18.4 Å². The number of hydrogen-bond donors (Lipinski definition) is 1. The Morgan fingerprint density at radius 2 is 1.90 bits per heavy atom. The summed E-state index contributed by atoms with van der Waals surface area (Å²) in [6.45, 7) is 7.16. The average Bonchev–Trinajstić information content (AvgIpc) is 3.00. The van der Waals surface area contributed by atoms with Gasteiger partial charge in [-0.1, -0.05) is 38.1 Å². The van der Waals surface area contributed by atoms with Crippen molar-refractivity contribution in [1.82, 2.24) is 4.90 Å². The highest BCUT2D eigenvalue weighted by Crippen LogP contribution is 2.19. The van der Waals surface area contributed by atoms with Gasteiger partial charge in [0.1, 0.15) is 0 Å². The summed E-state index contributed by atoms with van der Waals surface area (Å²) in [4.78, 5) is 15.2. The van der Waals surface area contributed by atoms with Crippen LogP contribution in [-0.4, -0.2) is 23.9 Å². The van der Waals surface area contributed by atoms with Gasteiger partial charge in [0, 0.05) is 12.2 Å². The van der Waals surface area contributed by atoms with E-state index in [1.54, 1.807) is 0 Å². The smallest absolute Gasteiger partial charge is 0.265 e. The van der Waals surface area contributed by atoms with Gasteiger partial charge >= 0.3 is 0 Å². The first-order valence-electron chi connectivity index (χ1n) is 6.89. The maximum absolute atomic E-state index is 12.1. The van der Waals surface area contributed by atoms with Crippen molar-refractivity contribution in [3.63, 3.8) is 0 Å². The fraction of sp³-hybridized carbons (Fsp3) is 0.312. The number of rotatable bonds is 6. The lowest BCUT2D eigenvalue weighted by Crippen LogP contribution is -2.23. The summed E-state index contributed by atoms with van der Waals surface area (Å²) in [7, 11) is 0. The third kappa shape index (κ3) is 3.68. The van der Waals surface area contributed by atoms with Crippen molar-refractivity contribution >= 4 is 22.9 Å². The fourth-order valence-electron chi connectivity index (χ4n) is 2.06. The van der Waals surface area contributed by atoms with Gasteiger partial charge in [-0.3, -0.25) is 9.69 Å². The lowest BCUT2D eigenvalue weighted by molar-refractivity contribution is 0.103. The van der Waals surface area contributed by atoms with Crippen LogP contribution in [0.25, 0.3) is 0 Å². The number of anilines is 1. The van der Waals surface area contributed by atoms with Gasteiger partial charge in [-0.25, -0.2) is 0 Å². The minimum absolute atomic E-state index is 0.0352. The molecule has 2 aromatic rings. The molecule has 0 aliphatic carbocycles. The number of hydrogen-bond acceptors (Lipinski definition) is 3. The molecular formula is C16H20N2OS. The molecule has 0 unspecified atom stereocenters. The molecule has 0 saturated carbocycles. The lowest BCUT2D eigenvalue weighted by Gasteiger charge is -2.20. The van der Waals surface area contributed by atoms with E-state index >= 15 is 0 Å². The van der Waals surface area contributed by atoms with Crippen LogP contribution in [0.4, 0.5) is 5.69 Å². The number of benzene rings is 1. The monoisotopic (exact) mass is 288 g/mol. The molecule has 0 bridgehead atoms. The molecule has 1 aromatic heterocycles. The van der Waals surface area contributed by atoms with Crippen LogP contribution in [0.15, 0.2) is 41.8 Å². The first-order valence-corrected chi connectivity index (χ1v) is 7.77. The van der Waals surface area contributed by atoms with Crippen molar-refractivity contribution in [1.29, 1.82) is 0 Å². The summed E-state index contributed by atoms with van der Waals surface area (Å²) < 4.78 is 0. The van der Waals surface area contributed by atoms with E-state index in [0.717, 1.165) is 35.8 Å². The van der Waals surface area contributed by atoms with E-state index in [4.69, 9.17) is 0 Å². The lowest BCUT2D eigenvalue weighted by atomic mass is 10.1. The molecule has 0 fully saturated rings. The van der Waals surface area contributed by atoms with E-state index in [0.29, 0.717) is 0 Å². The van der Waals surface area contributed by atoms with Gasteiger partial charge in [0.25, 0.3) is 5.91 Å². The summed E-state index contributed by atoms with van der Waals surface area (Å²) in [5.41, 5.74) is 2.05. The van der Waals surface area contributed by atoms with Crippen molar-refractivity contribution in [3.8, 4) is 0 Å². The number of nitrogens with zero attached hydrogens (tertiary/aromatic N) is 1. The maximum Gasteiger partial charge on any atom is 0.265 e. The average molecular weight is 288 g/mol. The zero-order chi connectivity index (χ0) is 14.4. The number of nitrogens with one attached hydrogen (secondary N) is 1. The third-order valence-electron chi connectivity index (χ3n) is 3.30. The Morgan fingerprint density at radius 1 is 1.15 bits per heavy atom. The molecule has 1 N–H and O–H groups in total. The van der Waals surface area contributed by atoms with Gasteiger partial charge in [-0.2, -0.15) is 0 Å². The molecule has 0 saturated heterocycles. The van der Waals surface area contributed by atoms with Crippen LogP contribution in [0.1, 0.15) is 29.1 Å². The highest BCUT2D eigenvalue weighted by molar-refractivity contribution is 7.12. The van der Waals surface area contributed by atoms with Crippen LogP contribution in [0, 0.1) is 0 Å². The Morgan fingerprint density at radius 3 is 2.55 bits per heavy atom. The largest absolute Gasteiger partial charge is 0.321 e. The van der Waals surface area contributed by atoms with Crippen LogP contribution in [-0.2, 0) is 6.54 Å². The standard InChI is InChI=1S/C16H20N2OS/c1-3-18(4-2)12-13-8-5-6-9-14(13)17-16(19)15-10-7-11-20-15/h5-11H,3-4,12H2,1-2H3,(H,17,19). The Labute approximate surface area is 124 Å². The Hall–Kier alpha value is -1.65. The van der Waals surface area contributed by atoms with Gasteiger partial charge in [-0.15, -0.1) is 11.3 Å². The number of carbonyl (C=O) groups is 1. The highest BCUT2D eigenvalue weighted by Gasteiger charge is 2.11. The van der Waals surface area contributed by atoms with Gasteiger partial charge in [-0.05, 0) is 36.2 Å². The highest BCUT2D eigenvalue weighted by atomic mass is 32.1. The number of carbonyl (C=O) groups excluding carboxylic acids is 1. The molecule has 1 amide bonds. The Balaban J connectivity index is 2.13. The maximum atomic E-state index is 12.1. The first-order chi connectivity index (χ1) is 9.74. The topological polar surface area (TPSA) is 32.3 Å². The zero-order valence-electron chi connectivity index (χ0n) is 11.9. The first kappa shape index (κ1) is 14.8. The molecule has 1 heterocycles. The molecule has 0 aliphatic rings. The van der Waals surface area contributed by atoms with Crippen LogP contribution in [0.3, 0.4) is 0 Å². The van der Waals surface area contributed by atoms with Crippen molar-refractivity contribution in [3.05, 3.63) is 52.2 Å². The normalized spacial score (nSPS) is 10.8. The summed E-state index contributed by atoms with van der Waals surface area (Å²) in [5.74, 6) is -0.0352. The van der Waals surface area contributed by atoms with Crippen LogP contribution in [0.5, 0.6) is 0 Å². The molecule has 20 heavy (non-hydrogen) atoms. The fourth-order valence-corrected chi connectivity index (χ4v) is 2.68. The molecule has 1 aromatic carbocycles. The van der Waals surface area contributed by atoms with E-state index in [2.05, 4.69) is 30.1 Å². The number of para-hydroxylation sites is 1. The van der Waals surface area contributed by atoms with E-state index in [9.17, 15) is 4.79 Å². The zero-order valence-corrected chi connectivity index (χ0v) is 12.7. The van der Waals surface area contributed by atoms with E-state index in [1.165, 1.54) is 11.3 Å². The minimum atomic E-state index is -0.0352. The molecular weight excluding hydrogens is 268 g/mol. The summed E-state index contributed by atoms with van der Waals surface area (Å²) >= 11 is 1.46. The molecule has 3 nitrogen and oxygen atoms in total. The second-order valence-corrected chi connectivity index (χ2v) is 5.50. The van der Waals surface area contributed by atoms with E-state index < -0.39 is 0 Å². The van der Waals surface area contributed by atoms with E-state index in [1.807, 2.05) is 35.7 Å². The second-order valence-electron chi connectivity index (χ2n) is 4.55. The SMILES string of the molecule is CCN(CC)Cc1ccccc1NC(=O)c1cccs1. The number of thiophene rings is 1. The molecule has 0 radical (unpaired) electrons. The van der Waals surface area contributed by atoms with Gasteiger partial charge in [0.05, 0.1) is 4.88 Å². The van der Waals surface area contributed by atoms with Crippen LogP contribution >= 0.6 is 11.3 Å². The quantitative estimate of drug-likeness (QED) is 0.876. The molecule has 0 atom stereocenters. The van der Waals surface area contributed by atoms with E-state index in [-0.39, 0.29) is 5.91 Å². The van der Waals surface area contributed by atoms with Crippen molar-refractivity contribution in [2.45, 2.75) is 20.4 Å². The third-order valence-corrected chi connectivity index (χ3v) is 4.17. The molecule has 4 heteroatoms. The van der Waals surface area contributed by atoms with Gasteiger partial charge in [0.15, 0.2) is 0 Å². The van der Waals surface area contributed by atoms with Gasteiger partial charge in [0.2, 0.25) is 0 Å². The predicted octanol–water partition coefficient (Wildman–Crippen LogP) is 3.84. The second kappa shape index (κ2) is 7.22. The summed E-state index contributed by atoms with van der Waals surface area (Å²) in [6.07, 6.45) is 0. The van der Waals surface area contributed by atoms with Gasteiger partial charge < -0.3 is 5.32 Å². The Kier molecular flexibility index (Phi) is 5.32. The van der Waals surface area contributed by atoms with Crippen molar-refractivity contribution in [2.24, 2.45) is 0 Å². The summed E-state index contributed by atoms with van der Waals surface area (Å²) in [6, 6.07) is 11.7. The summed E-state index contributed by atoms with van der Waals surface area (Å²) in [5, 5.41) is 4.92.